The van der Waals surface area contributed by atoms with Crippen LogP contribution in [-0.4, -0.2) is 73.4 Å². The Morgan fingerprint density at radius 3 is 2.70 bits per heavy atom. The van der Waals surface area contributed by atoms with E-state index in [-0.39, 0.29) is 18.6 Å². The van der Waals surface area contributed by atoms with Crippen molar-refractivity contribution in [3.8, 4) is 5.75 Å². The number of amides is 1. The molecule has 6 heteroatoms. The number of carbonyl (C=O) groups excluding carboxylic acids is 1. The first-order chi connectivity index (χ1) is 11.1. The number of ether oxygens (including phenoxy) is 2. The fourth-order valence-corrected chi connectivity index (χ4v) is 2.66. The summed E-state index contributed by atoms with van der Waals surface area (Å²) in [5.74, 6) is 0.802. The third-order valence-electron chi connectivity index (χ3n) is 3.88. The van der Waals surface area contributed by atoms with Gasteiger partial charge in [0, 0.05) is 32.7 Å². The van der Waals surface area contributed by atoms with E-state index in [0.29, 0.717) is 26.2 Å². The van der Waals surface area contributed by atoms with Crippen molar-refractivity contribution in [2.24, 2.45) is 0 Å². The number of aliphatic hydroxyl groups is 1. The van der Waals surface area contributed by atoms with Crippen molar-refractivity contribution in [1.29, 1.82) is 0 Å². The molecule has 1 aromatic rings. The van der Waals surface area contributed by atoms with E-state index in [9.17, 15) is 9.90 Å². The molecule has 1 unspecified atom stereocenters. The van der Waals surface area contributed by atoms with Crippen LogP contribution >= 0.6 is 0 Å². The second-order valence-corrected chi connectivity index (χ2v) is 5.87. The summed E-state index contributed by atoms with van der Waals surface area (Å²) in [5, 5.41) is 9.39. The van der Waals surface area contributed by atoms with Crippen molar-refractivity contribution in [3.63, 3.8) is 0 Å². The lowest BCUT2D eigenvalue weighted by Gasteiger charge is -2.35. The Morgan fingerprint density at radius 1 is 1.30 bits per heavy atom. The zero-order valence-corrected chi connectivity index (χ0v) is 13.9. The van der Waals surface area contributed by atoms with Crippen LogP contribution in [0, 0.1) is 0 Å². The molecular weight excluding hydrogens is 296 g/mol. The molecule has 0 bridgehead atoms. The van der Waals surface area contributed by atoms with Gasteiger partial charge in [-0.25, -0.2) is 0 Å². The monoisotopic (exact) mass is 322 g/mol. The maximum absolute atomic E-state index is 12.1. The van der Waals surface area contributed by atoms with Crippen molar-refractivity contribution in [3.05, 3.63) is 29.8 Å². The van der Waals surface area contributed by atoms with Gasteiger partial charge in [-0.1, -0.05) is 12.1 Å². The normalized spacial score (nSPS) is 17.1. The van der Waals surface area contributed by atoms with E-state index in [1.54, 1.807) is 14.0 Å². The number of benzene rings is 1. The molecule has 2 rings (SSSR count). The van der Waals surface area contributed by atoms with Crippen LogP contribution in [0.3, 0.4) is 0 Å². The summed E-state index contributed by atoms with van der Waals surface area (Å²) in [6.07, 6.45) is -0.330. The minimum Gasteiger partial charge on any atom is -0.497 e. The summed E-state index contributed by atoms with van der Waals surface area (Å²) in [4.78, 5) is 16.1. The van der Waals surface area contributed by atoms with Gasteiger partial charge in [0.2, 0.25) is 5.91 Å². The summed E-state index contributed by atoms with van der Waals surface area (Å²) in [6, 6.07) is 7.63. The Morgan fingerprint density at radius 2 is 2.04 bits per heavy atom. The number of β-amino-alcohol motifs (C(OH)–C–C–N with tert-alkyl or cyclic N) is 1. The molecule has 0 spiro atoms. The van der Waals surface area contributed by atoms with Crippen LogP contribution in [-0.2, 0) is 16.1 Å². The molecule has 1 saturated heterocycles. The van der Waals surface area contributed by atoms with E-state index < -0.39 is 0 Å². The van der Waals surface area contributed by atoms with Gasteiger partial charge in [-0.15, -0.1) is 0 Å². The van der Waals surface area contributed by atoms with E-state index in [1.807, 2.05) is 29.2 Å². The number of piperazine rings is 1. The molecule has 1 aliphatic heterocycles. The Hall–Kier alpha value is -1.63. The van der Waals surface area contributed by atoms with Crippen LogP contribution in [0.5, 0.6) is 5.75 Å². The first-order valence-corrected chi connectivity index (χ1v) is 7.97. The van der Waals surface area contributed by atoms with E-state index in [0.717, 1.165) is 24.4 Å². The smallest absolute Gasteiger partial charge is 0.248 e. The molecule has 1 N–H and O–H groups in total. The van der Waals surface area contributed by atoms with Crippen molar-refractivity contribution < 1.29 is 19.4 Å². The summed E-state index contributed by atoms with van der Waals surface area (Å²) in [5.41, 5.74) is 0.985. The van der Waals surface area contributed by atoms with Crippen molar-refractivity contribution in [1.82, 2.24) is 9.80 Å². The molecule has 1 aromatic carbocycles. The highest BCUT2D eigenvalue weighted by Crippen LogP contribution is 2.13. The summed E-state index contributed by atoms with van der Waals surface area (Å²) >= 11 is 0. The second kappa shape index (κ2) is 8.86. The number of aliphatic hydroxyl groups excluding tert-OH is 1. The first-order valence-electron chi connectivity index (χ1n) is 7.97. The third-order valence-corrected chi connectivity index (χ3v) is 3.88. The van der Waals surface area contributed by atoms with E-state index in [2.05, 4.69) is 4.90 Å². The SMILES string of the molecule is COc1cccc(COCC(=O)N2CCN(CC(C)O)CC2)c1. The van der Waals surface area contributed by atoms with Gasteiger partial charge in [-0.2, -0.15) is 0 Å². The second-order valence-electron chi connectivity index (χ2n) is 5.87. The van der Waals surface area contributed by atoms with Gasteiger partial charge >= 0.3 is 0 Å². The van der Waals surface area contributed by atoms with Gasteiger partial charge in [0.25, 0.3) is 0 Å². The van der Waals surface area contributed by atoms with Gasteiger partial charge in [-0.05, 0) is 24.6 Å². The third kappa shape index (κ3) is 5.82. The van der Waals surface area contributed by atoms with Crippen LogP contribution in [0.1, 0.15) is 12.5 Å². The fraction of sp³-hybridized carbons (Fsp3) is 0.588. The predicted molar refractivity (Wildman–Crippen MR) is 87.4 cm³/mol. The molecule has 0 aliphatic carbocycles. The lowest BCUT2D eigenvalue weighted by molar-refractivity contribution is -0.138. The Kier molecular flexibility index (Phi) is 6.83. The zero-order chi connectivity index (χ0) is 16.7. The van der Waals surface area contributed by atoms with Gasteiger partial charge in [-0.3, -0.25) is 9.69 Å². The zero-order valence-electron chi connectivity index (χ0n) is 13.9. The predicted octanol–water partition coefficient (Wildman–Crippen LogP) is 0.737. The Labute approximate surface area is 137 Å². The maximum atomic E-state index is 12.1. The molecule has 128 valence electrons. The summed E-state index contributed by atoms with van der Waals surface area (Å²) in [6.45, 7) is 5.90. The molecule has 1 aliphatic rings. The largest absolute Gasteiger partial charge is 0.497 e. The minimum atomic E-state index is -0.330. The van der Waals surface area contributed by atoms with Gasteiger partial charge < -0.3 is 19.5 Å². The lowest BCUT2D eigenvalue weighted by atomic mass is 10.2. The van der Waals surface area contributed by atoms with Crippen LogP contribution in [0.25, 0.3) is 0 Å². The van der Waals surface area contributed by atoms with E-state index in [4.69, 9.17) is 9.47 Å². The Bertz CT molecular complexity index is 499. The topological polar surface area (TPSA) is 62.2 Å². The molecule has 6 nitrogen and oxygen atoms in total. The quantitative estimate of drug-likeness (QED) is 0.802. The Balaban J connectivity index is 1.69. The highest BCUT2D eigenvalue weighted by molar-refractivity contribution is 5.77. The standard InChI is InChI=1S/C17H26N2O4/c1-14(20)11-18-6-8-19(9-7-18)17(21)13-23-12-15-4-3-5-16(10-15)22-2/h3-5,10,14,20H,6-9,11-13H2,1-2H3. The number of hydrogen-bond donors (Lipinski definition) is 1. The van der Waals surface area contributed by atoms with Gasteiger partial charge in [0.05, 0.1) is 19.8 Å². The van der Waals surface area contributed by atoms with E-state index >= 15 is 0 Å². The molecule has 23 heavy (non-hydrogen) atoms. The molecule has 0 saturated carbocycles. The number of rotatable bonds is 7. The molecule has 1 heterocycles. The average Bonchev–Trinajstić information content (AvgIpc) is 2.55. The highest BCUT2D eigenvalue weighted by atomic mass is 16.5. The number of nitrogens with zero attached hydrogens (tertiary/aromatic N) is 2. The molecule has 0 radical (unpaired) electrons. The van der Waals surface area contributed by atoms with Gasteiger partial charge in [0.15, 0.2) is 0 Å². The number of methoxy groups -OCH3 is 1. The number of carbonyl (C=O) groups is 1. The average molecular weight is 322 g/mol. The maximum Gasteiger partial charge on any atom is 0.248 e. The van der Waals surface area contributed by atoms with Crippen LogP contribution in [0.15, 0.2) is 24.3 Å². The van der Waals surface area contributed by atoms with Crippen LogP contribution in [0.2, 0.25) is 0 Å². The minimum absolute atomic E-state index is 0.0181. The molecule has 1 atom stereocenters. The summed E-state index contributed by atoms with van der Waals surface area (Å²) in [7, 11) is 1.63. The van der Waals surface area contributed by atoms with Crippen molar-refractivity contribution in [2.75, 3.05) is 46.4 Å². The van der Waals surface area contributed by atoms with Gasteiger partial charge in [0.1, 0.15) is 12.4 Å². The highest BCUT2D eigenvalue weighted by Gasteiger charge is 2.21. The van der Waals surface area contributed by atoms with Crippen LogP contribution < -0.4 is 4.74 Å². The molecule has 1 amide bonds. The van der Waals surface area contributed by atoms with Crippen molar-refractivity contribution in [2.45, 2.75) is 19.6 Å². The first kappa shape index (κ1) is 17.7. The molecule has 0 aromatic heterocycles. The lowest BCUT2D eigenvalue weighted by Crippen LogP contribution is -2.51. The molecular formula is C17H26N2O4. The van der Waals surface area contributed by atoms with Crippen LogP contribution in [0.4, 0.5) is 0 Å². The van der Waals surface area contributed by atoms with E-state index in [1.165, 1.54) is 0 Å². The summed E-state index contributed by atoms with van der Waals surface area (Å²) < 4.78 is 10.7. The molecule has 1 fully saturated rings. The van der Waals surface area contributed by atoms with Crippen molar-refractivity contribution >= 4 is 5.91 Å². The number of hydrogen-bond acceptors (Lipinski definition) is 5. The fourth-order valence-electron chi connectivity index (χ4n) is 2.66.